The molecule has 0 amide bonds. The van der Waals surface area contributed by atoms with E-state index in [1.54, 1.807) is 25.3 Å². The van der Waals surface area contributed by atoms with E-state index in [0.29, 0.717) is 22.3 Å². The van der Waals surface area contributed by atoms with Crippen molar-refractivity contribution in [2.45, 2.75) is 18.9 Å². The molecule has 1 aliphatic rings. The Balaban J connectivity index is 2.23. The Kier molecular flexibility index (Phi) is 3.69. The predicted molar refractivity (Wildman–Crippen MR) is 65.9 cm³/mol. The minimum absolute atomic E-state index is 0.00460. The third-order valence-corrected chi connectivity index (χ3v) is 3.31. The van der Waals surface area contributed by atoms with Gasteiger partial charge in [0.15, 0.2) is 5.78 Å². The van der Waals surface area contributed by atoms with Crippen LogP contribution in [0.25, 0.3) is 0 Å². The van der Waals surface area contributed by atoms with Crippen molar-refractivity contribution in [1.82, 2.24) is 0 Å². The summed E-state index contributed by atoms with van der Waals surface area (Å²) in [5.74, 6) is 0.891. The normalized spacial score (nSPS) is 16.6. The topological polar surface area (TPSA) is 35.5 Å². The first-order valence-electron chi connectivity index (χ1n) is 5.58. The highest BCUT2D eigenvalue weighted by Gasteiger charge is 2.36. The van der Waals surface area contributed by atoms with Crippen LogP contribution >= 0.6 is 11.6 Å². The standard InChI is InChI=1S/C13H15ClO3/c1-16-11-7-9(5-6-10(11)14)12(15)13(17-2)8-3-4-8/h5-8,13H,3-4H2,1-2H3. The maximum Gasteiger partial charge on any atom is 0.191 e. The lowest BCUT2D eigenvalue weighted by Gasteiger charge is -2.14. The minimum atomic E-state index is -0.333. The van der Waals surface area contributed by atoms with Gasteiger partial charge in [0.05, 0.1) is 12.1 Å². The lowest BCUT2D eigenvalue weighted by atomic mass is 10.0. The number of hydrogen-bond acceptors (Lipinski definition) is 3. The molecule has 1 aliphatic carbocycles. The van der Waals surface area contributed by atoms with E-state index >= 15 is 0 Å². The molecular weight excluding hydrogens is 240 g/mol. The lowest BCUT2D eigenvalue weighted by molar-refractivity contribution is 0.0539. The molecule has 0 radical (unpaired) electrons. The molecule has 2 rings (SSSR count). The number of ketones is 1. The van der Waals surface area contributed by atoms with Crippen molar-refractivity contribution < 1.29 is 14.3 Å². The van der Waals surface area contributed by atoms with Gasteiger partial charge in [-0.3, -0.25) is 4.79 Å². The number of rotatable bonds is 5. The summed E-state index contributed by atoms with van der Waals surface area (Å²) in [4.78, 5) is 12.2. The first kappa shape index (κ1) is 12.4. The van der Waals surface area contributed by atoms with Gasteiger partial charge in [-0.15, -0.1) is 0 Å². The summed E-state index contributed by atoms with van der Waals surface area (Å²) in [6.07, 6.45) is 1.80. The summed E-state index contributed by atoms with van der Waals surface area (Å²) in [6, 6.07) is 5.05. The van der Waals surface area contributed by atoms with Crippen LogP contribution in [0.3, 0.4) is 0 Å². The van der Waals surface area contributed by atoms with E-state index in [2.05, 4.69) is 0 Å². The van der Waals surface area contributed by atoms with Crippen molar-refractivity contribution in [3.63, 3.8) is 0 Å². The van der Waals surface area contributed by atoms with Crippen LogP contribution in [0, 0.1) is 5.92 Å². The van der Waals surface area contributed by atoms with E-state index in [4.69, 9.17) is 21.1 Å². The summed E-state index contributed by atoms with van der Waals surface area (Å²) >= 11 is 5.92. The van der Waals surface area contributed by atoms with Crippen molar-refractivity contribution in [3.8, 4) is 5.75 Å². The highest BCUT2D eigenvalue weighted by atomic mass is 35.5. The molecule has 0 aliphatic heterocycles. The molecule has 3 nitrogen and oxygen atoms in total. The van der Waals surface area contributed by atoms with Gasteiger partial charge < -0.3 is 9.47 Å². The van der Waals surface area contributed by atoms with Gasteiger partial charge in [-0.05, 0) is 37.0 Å². The predicted octanol–water partition coefficient (Wildman–Crippen LogP) is 2.96. The quantitative estimate of drug-likeness (QED) is 0.758. The van der Waals surface area contributed by atoms with Crippen molar-refractivity contribution in [1.29, 1.82) is 0 Å². The Morgan fingerprint density at radius 1 is 1.41 bits per heavy atom. The van der Waals surface area contributed by atoms with E-state index in [1.807, 2.05) is 0 Å². The number of ether oxygens (including phenoxy) is 2. The first-order chi connectivity index (χ1) is 8.17. The fraction of sp³-hybridized carbons (Fsp3) is 0.462. The average Bonchev–Trinajstić information content (AvgIpc) is 3.15. The van der Waals surface area contributed by atoms with Gasteiger partial charge in [-0.25, -0.2) is 0 Å². The first-order valence-corrected chi connectivity index (χ1v) is 5.95. The van der Waals surface area contributed by atoms with Crippen LogP contribution in [0.15, 0.2) is 18.2 Å². The van der Waals surface area contributed by atoms with Crippen molar-refractivity contribution in [2.24, 2.45) is 5.92 Å². The minimum Gasteiger partial charge on any atom is -0.495 e. The van der Waals surface area contributed by atoms with E-state index in [0.717, 1.165) is 12.8 Å². The summed E-state index contributed by atoms with van der Waals surface area (Å²) in [5, 5.41) is 0.504. The van der Waals surface area contributed by atoms with E-state index in [-0.39, 0.29) is 11.9 Å². The Morgan fingerprint density at radius 3 is 2.65 bits per heavy atom. The molecule has 1 atom stereocenters. The van der Waals surface area contributed by atoms with Gasteiger partial charge in [-0.2, -0.15) is 0 Å². The molecule has 0 bridgehead atoms. The van der Waals surface area contributed by atoms with Crippen LogP contribution < -0.4 is 4.74 Å². The zero-order chi connectivity index (χ0) is 12.4. The number of Topliss-reactive ketones (excluding diaryl/α,β-unsaturated/α-hetero) is 1. The van der Waals surface area contributed by atoms with Crippen LogP contribution in [0.5, 0.6) is 5.75 Å². The van der Waals surface area contributed by atoms with E-state index < -0.39 is 0 Å². The van der Waals surface area contributed by atoms with Crippen molar-refractivity contribution >= 4 is 17.4 Å². The van der Waals surface area contributed by atoms with Crippen molar-refractivity contribution in [3.05, 3.63) is 28.8 Å². The van der Waals surface area contributed by atoms with E-state index in [1.165, 1.54) is 7.11 Å². The van der Waals surface area contributed by atoms with Crippen LogP contribution in [0.4, 0.5) is 0 Å². The van der Waals surface area contributed by atoms with Crippen LogP contribution in [-0.2, 0) is 4.74 Å². The molecule has 17 heavy (non-hydrogen) atoms. The van der Waals surface area contributed by atoms with E-state index in [9.17, 15) is 4.79 Å². The average molecular weight is 255 g/mol. The second-order valence-electron chi connectivity index (χ2n) is 4.21. The molecule has 1 aromatic carbocycles. The number of methoxy groups -OCH3 is 2. The van der Waals surface area contributed by atoms with Crippen LogP contribution in [-0.4, -0.2) is 26.1 Å². The van der Waals surface area contributed by atoms with Gasteiger partial charge >= 0.3 is 0 Å². The number of carbonyl (C=O) groups excluding carboxylic acids is 1. The maximum atomic E-state index is 12.2. The Hall–Kier alpha value is -1.06. The van der Waals surface area contributed by atoms with Gasteiger partial charge in [-0.1, -0.05) is 11.6 Å². The summed E-state index contributed by atoms with van der Waals surface area (Å²) in [7, 11) is 3.11. The SMILES string of the molecule is COc1cc(C(=O)C(OC)C2CC2)ccc1Cl. The Bertz CT molecular complexity index is 427. The molecule has 4 heteroatoms. The highest BCUT2D eigenvalue weighted by molar-refractivity contribution is 6.32. The van der Waals surface area contributed by atoms with Crippen LogP contribution in [0.2, 0.25) is 5.02 Å². The molecule has 0 spiro atoms. The monoisotopic (exact) mass is 254 g/mol. The third kappa shape index (κ3) is 2.61. The molecule has 0 N–H and O–H groups in total. The molecule has 0 saturated heterocycles. The summed E-state index contributed by atoms with van der Waals surface area (Å²) in [6.45, 7) is 0. The Labute approximate surface area is 106 Å². The smallest absolute Gasteiger partial charge is 0.191 e. The van der Waals surface area contributed by atoms with Crippen molar-refractivity contribution in [2.75, 3.05) is 14.2 Å². The number of halogens is 1. The number of carbonyl (C=O) groups is 1. The maximum absolute atomic E-state index is 12.2. The fourth-order valence-electron chi connectivity index (χ4n) is 1.89. The molecule has 1 unspecified atom stereocenters. The molecule has 1 fully saturated rings. The highest BCUT2D eigenvalue weighted by Crippen LogP contribution is 2.36. The molecule has 0 heterocycles. The number of hydrogen-bond donors (Lipinski definition) is 0. The third-order valence-electron chi connectivity index (χ3n) is 3.00. The second-order valence-corrected chi connectivity index (χ2v) is 4.61. The fourth-order valence-corrected chi connectivity index (χ4v) is 2.08. The lowest BCUT2D eigenvalue weighted by Crippen LogP contribution is -2.25. The van der Waals surface area contributed by atoms with Crippen LogP contribution in [0.1, 0.15) is 23.2 Å². The van der Waals surface area contributed by atoms with Gasteiger partial charge in [0, 0.05) is 12.7 Å². The molecular formula is C13H15ClO3. The molecule has 0 aromatic heterocycles. The summed E-state index contributed by atoms with van der Waals surface area (Å²) in [5.41, 5.74) is 0.588. The molecule has 1 saturated carbocycles. The molecule has 92 valence electrons. The zero-order valence-corrected chi connectivity index (χ0v) is 10.7. The van der Waals surface area contributed by atoms with Gasteiger partial charge in [0.2, 0.25) is 0 Å². The second kappa shape index (κ2) is 5.07. The van der Waals surface area contributed by atoms with Gasteiger partial charge in [0.25, 0.3) is 0 Å². The van der Waals surface area contributed by atoms with Gasteiger partial charge in [0.1, 0.15) is 11.9 Å². The largest absolute Gasteiger partial charge is 0.495 e. The summed E-state index contributed by atoms with van der Waals surface area (Å²) < 4.78 is 10.4. The zero-order valence-electron chi connectivity index (χ0n) is 9.90. The number of benzene rings is 1. The Morgan fingerprint density at radius 2 is 2.12 bits per heavy atom. The molecule has 1 aromatic rings.